The molecule has 0 saturated heterocycles. The Hall–Kier alpha value is -0.300. The van der Waals surface area contributed by atoms with Crippen molar-refractivity contribution in [1.82, 2.24) is 0 Å². The van der Waals surface area contributed by atoms with Crippen molar-refractivity contribution >= 4 is 0 Å². The molecule has 0 aromatic rings. The van der Waals surface area contributed by atoms with Gasteiger partial charge >= 0.3 is 0 Å². The molecule has 8 atom stereocenters. The molecule has 4 rings (SSSR count). The van der Waals surface area contributed by atoms with Crippen molar-refractivity contribution in [1.29, 1.82) is 0 Å². The highest BCUT2D eigenvalue weighted by molar-refractivity contribution is 5.09. The Labute approximate surface area is 162 Å². The van der Waals surface area contributed by atoms with E-state index in [1.807, 2.05) is 0 Å². The Kier molecular flexibility index (Phi) is 5.32. The number of aliphatic hydroxyl groups is 1. The van der Waals surface area contributed by atoms with Crippen LogP contribution in [0.25, 0.3) is 0 Å². The van der Waals surface area contributed by atoms with Gasteiger partial charge in [-0.1, -0.05) is 26.0 Å². The summed E-state index contributed by atoms with van der Waals surface area (Å²) in [7, 11) is 0. The first kappa shape index (κ1) is 19.0. The second-order valence-corrected chi connectivity index (χ2v) is 10.9. The third kappa shape index (κ3) is 3.01. The Morgan fingerprint density at radius 1 is 0.923 bits per heavy atom. The first-order valence-corrected chi connectivity index (χ1v) is 11.8. The van der Waals surface area contributed by atoms with E-state index in [1.165, 1.54) is 64.2 Å². The lowest BCUT2D eigenvalue weighted by Crippen LogP contribution is -2.53. The van der Waals surface area contributed by atoms with Gasteiger partial charge in [-0.05, 0) is 124 Å². The van der Waals surface area contributed by atoms with Gasteiger partial charge in [-0.3, -0.25) is 0 Å². The van der Waals surface area contributed by atoms with Gasteiger partial charge in [0.2, 0.25) is 0 Å². The summed E-state index contributed by atoms with van der Waals surface area (Å²) in [4.78, 5) is 0. The number of aliphatic hydroxyl groups excluding tert-OH is 1. The van der Waals surface area contributed by atoms with E-state index >= 15 is 0 Å². The van der Waals surface area contributed by atoms with Crippen molar-refractivity contribution < 1.29 is 5.11 Å². The third-order valence-corrected chi connectivity index (χ3v) is 9.99. The van der Waals surface area contributed by atoms with Crippen LogP contribution in [-0.4, -0.2) is 11.2 Å². The standard InChI is InChI=1S/C25H42O/c1-4-5-6-7-8-18-10-12-22-21-11-9-19-17-20(26)13-15-25(19,3)23(21)14-16-24(18,22)2/h4-5,18-23,26H,6-17H2,1-3H3/b5-4+. The smallest absolute Gasteiger partial charge is 0.0543 e. The molecule has 0 radical (unpaired) electrons. The number of allylic oxidation sites excluding steroid dienone is 2. The van der Waals surface area contributed by atoms with Crippen molar-refractivity contribution in [3.05, 3.63) is 12.2 Å². The van der Waals surface area contributed by atoms with Crippen LogP contribution in [0.1, 0.15) is 97.8 Å². The molecule has 1 N–H and O–H groups in total. The number of fused-ring (bicyclic) bond motifs is 5. The molecular formula is C25H42O. The Balaban J connectivity index is 1.47. The van der Waals surface area contributed by atoms with Crippen LogP contribution in [0.15, 0.2) is 12.2 Å². The second-order valence-electron chi connectivity index (χ2n) is 10.9. The summed E-state index contributed by atoms with van der Waals surface area (Å²) in [6, 6.07) is 0. The van der Waals surface area contributed by atoms with Gasteiger partial charge in [0.15, 0.2) is 0 Å². The average Bonchev–Trinajstić information content (AvgIpc) is 2.96. The molecule has 0 aliphatic heterocycles. The molecule has 0 amide bonds. The van der Waals surface area contributed by atoms with E-state index in [0.717, 1.165) is 42.4 Å². The zero-order valence-electron chi connectivity index (χ0n) is 17.6. The van der Waals surface area contributed by atoms with Gasteiger partial charge in [-0.25, -0.2) is 0 Å². The summed E-state index contributed by atoms with van der Waals surface area (Å²) in [5.74, 6) is 4.73. The summed E-state index contributed by atoms with van der Waals surface area (Å²) in [6.45, 7) is 7.45. The molecule has 0 spiro atoms. The van der Waals surface area contributed by atoms with Gasteiger partial charge in [-0.15, -0.1) is 0 Å². The predicted octanol–water partition coefficient (Wildman–Crippen LogP) is 6.75. The monoisotopic (exact) mass is 358 g/mol. The van der Waals surface area contributed by atoms with Gasteiger partial charge in [0.05, 0.1) is 6.10 Å². The van der Waals surface area contributed by atoms with Crippen molar-refractivity contribution in [2.24, 2.45) is 40.4 Å². The number of rotatable bonds is 4. The van der Waals surface area contributed by atoms with Crippen LogP contribution in [0.3, 0.4) is 0 Å². The molecule has 0 aromatic carbocycles. The summed E-state index contributed by atoms with van der Waals surface area (Å²) in [5.41, 5.74) is 1.17. The number of hydrogen-bond acceptors (Lipinski definition) is 1. The molecule has 148 valence electrons. The van der Waals surface area contributed by atoms with Gasteiger partial charge in [-0.2, -0.15) is 0 Å². The van der Waals surface area contributed by atoms with Crippen LogP contribution < -0.4 is 0 Å². The molecule has 8 unspecified atom stereocenters. The maximum absolute atomic E-state index is 10.2. The van der Waals surface area contributed by atoms with E-state index in [1.54, 1.807) is 0 Å². The largest absolute Gasteiger partial charge is 0.393 e. The Morgan fingerprint density at radius 2 is 1.69 bits per heavy atom. The summed E-state index contributed by atoms with van der Waals surface area (Å²) in [6.07, 6.45) is 21.0. The van der Waals surface area contributed by atoms with Crippen LogP contribution >= 0.6 is 0 Å². The quantitative estimate of drug-likeness (QED) is 0.435. The lowest BCUT2D eigenvalue weighted by molar-refractivity contribution is -0.126. The third-order valence-electron chi connectivity index (χ3n) is 9.99. The van der Waals surface area contributed by atoms with Crippen LogP contribution in [0, 0.1) is 40.4 Å². The molecule has 1 nitrogen and oxygen atoms in total. The Morgan fingerprint density at radius 3 is 2.50 bits per heavy atom. The van der Waals surface area contributed by atoms with Crippen LogP contribution in [-0.2, 0) is 0 Å². The minimum absolute atomic E-state index is 0.00786. The highest BCUT2D eigenvalue weighted by atomic mass is 16.3. The van der Waals surface area contributed by atoms with E-state index in [2.05, 4.69) is 32.9 Å². The van der Waals surface area contributed by atoms with E-state index in [-0.39, 0.29) is 6.10 Å². The number of hydrogen-bond donors (Lipinski definition) is 1. The maximum atomic E-state index is 10.2. The van der Waals surface area contributed by atoms with Gasteiger partial charge < -0.3 is 5.11 Å². The Bertz CT molecular complexity index is 524. The maximum Gasteiger partial charge on any atom is 0.0543 e. The van der Waals surface area contributed by atoms with Crippen molar-refractivity contribution in [3.63, 3.8) is 0 Å². The SMILES string of the molecule is C/C=C/CCCC1CCC2C3CCC4CC(O)CCC4(C)C3CCC12C. The zero-order chi connectivity index (χ0) is 18.4. The molecule has 26 heavy (non-hydrogen) atoms. The van der Waals surface area contributed by atoms with Crippen LogP contribution in [0.5, 0.6) is 0 Å². The minimum Gasteiger partial charge on any atom is -0.393 e. The molecule has 4 aliphatic rings. The average molecular weight is 359 g/mol. The topological polar surface area (TPSA) is 20.2 Å². The van der Waals surface area contributed by atoms with Crippen LogP contribution in [0.2, 0.25) is 0 Å². The molecule has 0 aromatic heterocycles. The first-order chi connectivity index (χ1) is 12.5. The lowest BCUT2D eigenvalue weighted by Gasteiger charge is -2.61. The molecule has 4 saturated carbocycles. The molecular weight excluding hydrogens is 316 g/mol. The van der Waals surface area contributed by atoms with E-state index < -0.39 is 0 Å². The minimum atomic E-state index is -0.00786. The highest BCUT2D eigenvalue weighted by Gasteiger charge is 2.59. The van der Waals surface area contributed by atoms with Crippen LogP contribution in [0.4, 0.5) is 0 Å². The predicted molar refractivity (Wildman–Crippen MR) is 110 cm³/mol. The zero-order valence-corrected chi connectivity index (χ0v) is 17.6. The van der Waals surface area contributed by atoms with E-state index in [9.17, 15) is 5.11 Å². The normalized spacial score (nSPS) is 51.1. The molecule has 0 bridgehead atoms. The van der Waals surface area contributed by atoms with Gasteiger partial charge in [0, 0.05) is 0 Å². The molecule has 4 fully saturated rings. The fraction of sp³-hybridized carbons (Fsp3) is 0.920. The summed E-state index contributed by atoms with van der Waals surface area (Å²) in [5, 5.41) is 10.2. The first-order valence-electron chi connectivity index (χ1n) is 11.8. The fourth-order valence-corrected chi connectivity index (χ4v) is 8.47. The van der Waals surface area contributed by atoms with Gasteiger partial charge in [0.25, 0.3) is 0 Å². The second kappa shape index (κ2) is 7.26. The lowest BCUT2D eigenvalue weighted by atomic mass is 9.44. The van der Waals surface area contributed by atoms with Gasteiger partial charge in [0.1, 0.15) is 0 Å². The van der Waals surface area contributed by atoms with E-state index in [0.29, 0.717) is 10.8 Å². The van der Waals surface area contributed by atoms with Crippen molar-refractivity contribution in [2.75, 3.05) is 0 Å². The van der Waals surface area contributed by atoms with E-state index in [4.69, 9.17) is 0 Å². The highest BCUT2D eigenvalue weighted by Crippen LogP contribution is 2.67. The molecule has 1 heteroatoms. The summed E-state index contributed by atoms with van der Waals surface area (Å²) < 4.78 is 0. The van der Waals surface area contributed by atoms with Crippen molar-refractivity contribution in [2.45, 2.75) is 104 Å². The molecule has 4 aliphatic carbocycles. The summed E-state index contributed by atoms with van der Waals surface area (Å²) >= 11 is 0. The number of unbranched alkanes of at least 4 members (excludes halogenated alkanes) is 1. The van der Waals surface area contributed by atoms with Crippen molar-refractivity contribution in [3.8, 4) is 0 Å². The molecule has 0 heterocycles. The fourth-order valence-electron chi connectivity index (χ4n) is 8.47.